The summed E-state index contributed by atoms with van der Waals surface area (Å²) in [6.07, 6.45) is 10.3. The molecule has 3 nitrogen and oxygen atoms in total. The van der Waals surface area contributed by atoms with Gasteiger partial charge in [-0.1, -0.05) is 43.7 Å². The van der Waals surface area contributed by atoms with Crippen molar-refractivity contribution >= 4 is 11.6 Å². The summed E-state index contributed by atoms with van der Waals surface area (Å²) in [6, 6.07) is 5.40. The van der Waals surface area contributed by atoms with Gasteiger partial charge in [-0.15, -0.1) is 0 Å². The molecule has 0 bridgehead atoms. The smallest absolute Gasteiger partial charge is 0.157 e. The van der Waals surface area contributed by atoms with Crippen molar-refractivity contribution < 1.29 is 4.39 Å². The van der Waals surface area contributed by atoms with E-state index in [4.69, 9.17) is 11.6 Å². The summed E-state index contributed by atoms with van der Waals surface area (Å²) in [5.41, 5.74) is 2.67. The predicted molar refractivity (Wildman–Crippen MR) is 104 cm³/mol. The molecule has 0 aromatic heterocycles. The van der Waals surface area contributed by atoms with Gasteiger partial charge in [0.1, 0.15) is 5.82 Å². The van der Waals surface area contributed by atoms with Gasteiger partial charge in [0.15, 0.2) is 5.62 Å². The highest BCUT2D eigenvalue weighted by atomic mass is 35.5. The maximum atomic E-state index is 13.6. The molecule has 0 radical (unpaired) electrons. The van der Waals surface area contributed by atoms with Crippen molar-refractivity contribution in [2.24, 2.45) is 0 Å². The second-order valence-electron chi connectivity index (χ2n) is 6.07. The Kier molecular flexibility index (Phi) is 6.68. The summed E-state index contributed by atoms with van der Waals surface area (Å²) in [5, 5.41) is 3.38. The van der Waals surface area contributed by atoms with Crippen molar-refractivity contribution in [2.45, 2.75) is 38.5 Å². The van der Waals surface area contributed by atoms with Crippen LogP contribution in [0.2, 0.25) is 0 Å². The van der Waals surface area contributed by atoms with Crippen LogP contribution in [-0.2, 0) is 0 Å². The molecule has 2 aliphatic rings. The maximum absolute atomic E-state index is 13.6. The Hall–Kier alpha value is -1.78. The van der Waals surface area contributed by atoms with Gasteiger partial charge in [0, 0.05) is 14.1 Å². The number of hydrogen-bond donors (Lipinski definition) is 1. The van der Waals surface area contributed by atoms with Crippen LogP contribution in [0.15, 0.2) is 54.4 Å². The maximum Gasteiger partial charge on any atom is 0.157 e. The van der Waals surface area contributed by atoms with Gasteiger partial charge < -0.3 is 9.80 Å². The van der Waals surface area contributed by atoms with Gasteiger partial charge in [-0.05, 0) is 54.2 Å². The lowest BCUT2D eigenvalue weighted by molar-refractivity contribution is 0.306. The number of alkyl halides is 1. The molecule has 0 spiro atoms. The molecule has 3 unspecified atom stereocenters. The summed E-state index contributed by atoms with van der Waals surface area (Å²) in [7, 11) is 3.96. The fourth-order valence-corrected chi connectivity index (χ4v) is 3.27. The molecule has 0 aliphatic carbocycles. The van der Waals surface area contributed by atoms with Crippen LogP contribution in [0.4, 0.5) is 4.39 Å². The Morgan fingerprint density at radius 2 is 1.84 bits per heavy atom. The normalized spacial score (nSPS) is 25.4. The van der Waals surface area contributed by atoms with Crippen LogP contribution < -0.4 is 5.32 Å². The lowest BCUT2D eigenvalue weighted by Gasteiger charge is -2.39. The van der Waals surface area contributed by atoms with Crippen LogP contribution in [0.5, 0.6) is 0 Å². The van der Waals surface area contributed by atoms with Crippen LogP contribution in [-0.4, -0.2) is 35.6 Å². The zero-order valence-electron chi connectivity index (χ0n) is 15.5. The molecular weight excluding hydrogens is 337 g/mol. The van der Waals surface area contributed by atoms with Gasteiger partial charge in [-0.3, -0.25) is 5.32 Å². The predicted octanol–water partition coefficient (Wildman–Crippen LogP) is 4.53. The fraction of sp³-hybridized carbons (Fsp3) is 0.400. The van der Waals surface area contributed by atoms with Crippen LogP contribution >= 0.6 is 11.6 Å². The van der Waals surface area contributed by atoms with Crippen LogP contribution in [0.25, 0.3) is 0 Å². The summed E-state index contributed by atoms with van der Waals surface area (Å²) < 4.78 is 13.6. The zero-order chi connectivity index (χ0) is 18.6. The number of hydrogen-bond acceptors (Lipinski definition) is 3. The van der Waals surface area contributed by atoms with Crippen LogP contribution in [0.3, 0.4) is 0 Å². The minimum atomic E-state index is -0.252. The van der Waals surface area contributed by atoms with Crippen molar-refractivity contribution in [3.8, 4) is 0 Å². The number of allylic oxidation sites excluding steroid dienone is 2. The molecule has 5 heteroatoms. The lowest BCUT2D eigenvalue weighted by Crippen LogP contribution is -2.48. The quantitative estimate of drug-likeness (QED) is 0.615. The topological polar surface area (TPSA) is 18.5 Å². The summed E-state index contributed by atoms with van der Waals surface area (Å²) in [6.45, 7) is 5.80. The molecule has 1 aromatic rings. The van der Waals surface area contributed by atoms with Crippen molar-refractivity contribution in [3.63, 3.8) is 0 Å². The minimum Gasteiger partial charge on any atom is -0.370 e. The van der Waals surface area contributed by atoms with Crippen LogP contribution in [0.1, 0.15) is 31.0 Å². The summed E-state index contributed by atoms with van der Waals surface area (Å²) in [4.78, 5) is 4.05. The molecule has 1 aromatic carbocycles. The number of nitrogens with zero attached hydrogens (tertiary/aromatic N) is 2. The average Bonchev–Trinajstić information content (AvgIpc) is 2.61. The summed E-state index contributed by atoms with van der Waals surface area (Å²) >= 11 is 6.31. The monoisotopic (exact) mass is 363 g/mol. The zero-order valence-corrected chi connectivity index (χ0v) is 16.3. The highest BCUT2D eigenvalue weighted by Crippen LogP contribution is 2.34. The van der Waals surface area contributed by atoms with Gasteiger partial charge in [0.25, 0.3) is 0 Å². The van der Waals surface area contributed by atoms with E-state index in [0.29, 0.717) is 5.56 Å². The highest BCUT2D eigenvalue weighted by Gasteiger charge is 2.30. The second kappa shape index (κ2) is 8.54. The minimum absolute atomic E-state index is 0.0384. The number of rotatable bonds is 2. The van der Waals surface area contributed by atoms with E-state index in [9.17, 15) is 4.39 Å². The Balaban J connectivity index is 0.00000109. The molecule has 3 atom stereocenters. The van der Waals surface area contributed by atoms with Crippen molar-refractivity contribution in [2.75, 3.05) is 14.1 Å². The van der Waals surface area contributed by atoms with E-state index in [0.717, 1.165) is 5.56 Å². The third kappa shape index (κ3) is 4.25. The van der Waals surface area contributed by atoms with Gasteiger partial charge >= 0.3 is 0 Å². The molecule has 0 saturated carbocycles. The van der Waals surface area contributed by atoms with Crippen LogP contribution in [0, 0.1) is 12.7 Å². The molecule has 0 amide bonds. The Bertz CT molecular complexity index is 684. The number of benzene rings is 1. The first-order valence-corrected chi connectivity index (χ1v) is 9.07. The molecule has 2 aliphatic heterocycles. The first kappa shape index (κ1) is 19.5. The SMILES string of the molecule is CC.Cc1cc(C2C(C3C=CN(C)C(Cl)N3)=CC=CN2C)ccc1F. The van der Waals surface area contributed by atoms with Crippen molar-refractivity contribution in [1.82, 2.24) is 15.1 Å². The Morgan fingerprint density at radius 1 is 1.12 bits per heavy atom. The standard InChI is InChI=1S/C18H21ClFN3.C2H6/c1-12-11-13(6-7-15(12)20)17-14(5-4-9-22(17)2)16-8-10-23(3)18(19)21-16;1-2/h4-11,16-18,21H,1-3H3;1-2H3. The average molecular weight is 364 g/mol. The van der Waals surface area contributed by atoms with E-state index in [-0.39, 0.29) is 23.5 Å². The van der Waals surface area contributed by atoms with Gasteiger partial charge in [0.05, 0.1) is 12.1 Å². The molecule has 136 valence electrons. The largest absolute Gasteiger partial charge is 0.370 e. The molecule has 1 N–H and O–H groups in total. The molecule has 0 fully saturated rings. The van der Waals surface area contributed by atoms with Crippen molar-refractivity contribution in [1.29, 1.82) is 0 Å². The molecule has 25 heavy (non-hydrogen) atoms. The number of likely N-dealkylation sites (N-methyl/N-ethyl adjacent to an activating group) is 1. The van der Waals surface area contributed by atoms with E-state index in [1.54, 1.807) is 6.92 Å². The van der Waals surface area contributed by atoms with Gasteiger partial charge in [-0.2, -0.15) is 0 Å². The lowest BCUT2D eigenvalue weighted by atomic mass is 9.89. The molecular formula is C20H27ClFN3. The molecule has 2 heterocycles. The number of nitrogens with one attached hydrogen (secondary N) is 1. The van der Waals surface area contributed by atoms with E-state index < -0.39 is 0 Å². The van der Waals surface area contributed by atoms with E-state index in [1.807, 2.05) is 63.5 Å². The third-order valence-corrected chi connectivity index (χ3v) is 4.81. The first-order chi connectivity index (χ1) is 12.0. The van der Waals surface area contributed by atoms with Crippen molar-refractivity contribution in [3.05, 3.63) is 71.3 Å². The van der Waals surface area contributed by atoms with Gasteiger partial charge in [0.2, 0.25) is 0 Å². The number of halogens is 2. The summed E-state index contributed by atoms with van der Waals surface area (Å²) in [5.74, 6) is -0.175. The molecule has 0 saturated heterocycles. The number of aryl methyl sites for hydroxylation is 1. The van der Waals surface area contributed by atoms with E-state index in [2.05, 4.69) is 22.4 Å². The Morgan fingerprint density at radius 3 is 2.48 bits per heavy atom. The fourth-order valence-electron chi connectivity index (χ4n) is 3.07. The highest BCUT2D eigenvalue weighted by molar-refractivity contribution is 6.20. The first-order valence-electron chi connectivity index (χ1n) is 8.64. The Labute approximate surface area is 155 Å². The van der Waals surface area contributed by atoms with Gasteiger partial charge in [-0.25, -0.2) is 4.39 Å². The van der Waals surface area contributed by atoms with E-state index >= 15 is 0 Å². The third-order valence-electron chi connectivity index (χ3n) is 4.38. The van der Waals surface area contributed by atoms with E-state index in [1.165, 1.54) is 11.6 Å². The second-order valence-corrected chi connectivity index (χ2v) is 6.49. The molecule has 3 rings (SSSR count).